The molecule has 24 heavy (non-hydrogen) atoms. The summed E-state index contributed by atoms with van der Waals surface area (Å²) in [4.78, 5) is 19.3. The van der Waals surface area contributed by atoms with Crippen molar-refractivity contribution in [2.45, 2.75) is 12.8 Å². The van der Waals surface area contributed by atoms with Crippen LogP contribution in [0.1, 0.15) is 12.2 Å². The van der Waals surface area contributed by atoms with Gasteiger partial charge in [-0.2, -0.15) is 5.10 Å². The van der Waals surface area contributed by atoms with E-state index in [1.165, 1.54) is 12.4 Å². The standard InChI is InChI=1S/C16H16N6O2/c23-22(24)13-8-9-14(17-10-4-7-15-18-11-19-21-15)20-16(13)12-5-2-1-3-6-12/h1-3,5-6,8-9,11H,4,7,10H2,(H,17,20)(H,18,19,21). The molecule has 0 amide bonds. The predicted molar refractivity (Wildman–Crippen MR) is 89.5 cm³/mol. The Morgan fingerprint density at radius 1 is 1.17 bits per heavy atom. The highest BCUT2D eigenvalue weighted by molar-refractivity contribution is 5.71. The molecule has 8 nitrogen and oxygen atoms in total. The summed E-state index contributed by atoms with van der Waals surface area (Å²) >= 11 is 0. The molecule has 0 aliphatic heterocycles. The zero-order valence-electron chi connectivity index (χ0n) is 12.8. The highest BCUT2D eigenvalue weighted by Crippen LogP contribution is 2.29. The summed E-state index contributed by atoms with van der Waals surface area (Å²) in [5.41, 5.74) is 1.07. The normalized spacial score (nSPS) is 10.5. The van der Waals surface area contributed by atoms with Crippen LogP contribution in [0, 0.1) is 10.1 Å². The van der Waals surface area contributed by atoms with Crippen LogP contribution in [0.4, 0.5) is 11.5 Å². The van der Waals surface area contributed by atoms with Crippen LogP contribution in [0.2, 0.25) is 0 Å². The maximum Gasteiger partial charge on any atom is 0.295 e. The smallest absolute Gasteiger partial charge is 0.295 e. The van der Waals surface area contributed by atoms with Crippen molar-refractivity contribution < 1.29 is 4.92 Å². The van der Waals surface area contributed by atoms with Crippen molar-refractivity contribution in [1.82, 2.24) is 20.2 Å². The lowest BCUT2D eigenvalue weighted by molar-refractivity contribution is -0.384. The number of hydrogen-bond acceptors (Lipinski definition) is 6. The molecular weight excluding hydrogens is 308 g/mol. The molecule has 0 unspecified atom stereocenters. The van der Waals surface area contributed by atoms with E-state index in [1.54, 1.807) is 6.07 Å². The SMILES string of the molecule is O=[N+]([O-])c1ccc(NCCCc2ncn[nH]2)nc1-c1ccccc1. The number of hydrogen-bond donors (Lipinski definition) is 2. The van der Waals surface area contributed by atoms with E-state index in [0.29, 0.717) is 18.1 Å². The van der Waals surface area contributed by atoms with Crippen LogP contribution in [0.15, 0.2) is 48.8 Å². The summed E-state index contributed by atoms with van der Waals surface area (Å²) in [7, 11) is 0. The fourth-order valence-corrected chi connectivity index (χ4v) is 2.33. The van der Waals surface area contributed by atoms with Crippen LogP contribution in [0.3, 0.4) is 0 Å². The Kier molecular flexibility index (Phi) is 4.76. The highest BCUT2D eigenvalue weighted by atomic mass is 16.6. The summed E-state index contributed by atoms with van der Waals surface area (Å²) in [6.07, 6.45) is 3.09. The van der Waals surface area contributed by atoms with Gasteiger partial charge in [0.05, 0.1) is 4.92 Å². The minimum atomic E-state index is -0.414. The maximum atomic E-state index is 11.2. The van der Waals surface area contributed by atoms with Gasteiger partial charge in [0.2, 0.25) is 0 Å². The molecule has 0 aliphatic carbocycles. The number of aromatic amines is 1. The number of anilines is 1. The highest BCUT2D eigenvalue weighted by Gasteiger charge is 2.17. The molecular formula is C16H16N6O2. The lowest BCUT2D eigenvalue weighted by Gasteiger charge is -2.08. The molecule has 0 saturated carbocycles. The average Bonchev–Trinajstić information content (AvgIpc) is 3.12. The number of aryl methyl sites for hydroxylation is 1. The molecule has 0 fully saturated rings. The second-order valence-electron chi connectivity index (χ2n) is 5.15. The Balaban J connectivity index is 1.71. The van der Waals surface area contributed by atoms with E-state index in [1.807, 2.05) is 30.3 Å². The van der Waals surface area contributed by atoms with Gasteiger partial charge in [-0.3, -0.25) is 15.2 Å². The van der Waals surface area contributed by atoms with E-state index in [2.05, 4.69) is 25.5 Å². The summed E-state index contributed by atoms with van der Waals surface area (Å²) in [6.45, 7) is 0.680. The molecule has 0 atom stereocenters. The van der Waals surface area contributed by atoms with Crippen molar-refractivity contribution in [2.24, 2.45) is 0 Å². The van der Waals surface area contributed by atoms with Crippen LogP contribution < -0.4 is 5.32 Å². The zero-order valence-corrected chi connectivity index (χ0v) is 12.8. The number of nitro groups is 1. The van der Waals surface area contributed by atoms with Crippen molar-refractivity contribution >= 4 is 11.5 Å². The minimum Gasteiger partial charge on any atom is -0.370 e. The van der Waals surface area contributed by atoms with Gasteiger partial charge in [0.1, 0.15) is 18.0 Å². The van der Waals surface area contributed by atoms with Gasteiger partial charge in [-0.25, -0.2) is 9.97 Å². The lowest BCUT2D eigenvalue weighted by Crippen LogP contribution is -2.06. The van der Waals surface area contributed by atoms with Crippen molar-refractivity contribution in [2.75, 3.05) is 11.9 Å². The zero-order chi connectivity index (χ0) is 16.8. The van der Waals surface area contributed by atoms with E-state index in [0.717, 1.165) is 24.2 Å². The molecule has 0 radical (unpaired) electrons. The molecule has 3 aromatic rings. The van der Waals surface area contributed by atoms with Gasteiger partial charge in [0, 0.05) is 24.6 Å². The number of rotatable bonds is 7. The first-order valence-corrected chi connectivity index (χ1v) is 7.53. The summed E-state index contributed by atoms with van der Waals surface area (Å²) in [5, 5.41) is 21.0. The molecule has 0 aliphatic rings. The van der Waals surface area contributed by atoms with E-state index < -0.39 is 4.92 Å². The van der Waals surface area contributed by atoms with Gasteiger partial charge in [-0.05, 0) is 12.5 Å². The van der Waals surface area contributed by atoms with Gasteiger partial charge in [0.15, 0.2) is 5.69 Å². The Morgan fingerprint density at radius 2 is 2.00 bits per heavy atom. The monoisotopic (exact) mass is 324 g/mol. The van der Waals surface area contributed by atoms with Gasteiger partial charge >= 0.3 is 0 Å². The molecule has 8 heteroatoms. The van der Waals surface area contributed by atoms with Crippen molar-refractivity contribution in [1.29, 1.82) is 0 Å². The first kappa shape index (κ1) is 15.6. The average molecular weight is 324 g/mol. The number of benzene rings is 1. The van der Waals surface area contributed by atoms with Crippen LogP contribution in [-0.2, 0) is 6.42 Å². The molecule has 122 valence electrons. The second-order valence-corrected chi connectivity index (χ2v) is 5.15. The first-order valence-electron chi connectivity index (χ1n) is 7.53. The van der Waals surface area contributed by atoms with Gasteiger partial charge in [0.25, 0.3) is 5.69 Å². The number of nitrogens with one attached hydrogen (secondary N) is 2. The molecule has 0 spiro atoms. The Morgan fingerprint density at radius 3 is 2.71 bits per heavy atom. The molecule has 0 saturated heterocycles. The topological polar surface area (TPSA) is 110 Å². The fourth-order valence-electron chi connectivity index (χ4n) is 2.33. The van der Waals surface area contributed by atoms with Crippen LogP contribution in [-0.4, -0.2) is 31.6 Å². The van der Waals surface area contributed by atoms with Crippen molar-refractivity contribution in [3.63, 3.8) is 0 Å². The third-order valence-corrected chi connectivity index (χ3v) is 3.48. The van der Waals surface area contributed by atoms with E-state index in [-0.39, 0.29) is 5.69 Å². The first-order chi connectivity index (χ1) is 11.7. The van der Waals surface area contributed by atoms with Crippen LogP contribution in [0.5, 0.6) is 0 Å². The maximum absolute atomic E-state index is 11.2. The third kappa shape index (κ3) is 3.72. The summed E-state index contributed by atoms with van der Waals surface area (Å²) < 4.78 is 0. The Labute approximate surface area is 138 Å². The molecule has 2 heterocycles. The van der Waals surface area contributed by atoms with Gasteiger partial charge < -0.3 is 5.32 Å². The van der Waals surface area contributed by atoms with Crippen LogP contribution >= 0.6 is 0 Å². The molecule has 3 rings (SSSR count). The predicted octanol–water partition coefficient (Wildman–Crippen LogP) is 2.82. The Bertz CT molecular complexity index is 805. The molecule has 2 N–H and O–H groups in total. The largest absolute Gasteiger partial charge is 0.370 e. The van der Waals surface area contributed by atoms with Gasteiger partial charge in [-0.1, -0.05) is 30.3 Å². The van der Waals surface area contributed by atoms with Crippen LogP contribution in [0.25, 0.3) is 11.3 Å². The van der Waals surface area contributed by atoms with Gasteiger partial charge in [-0.15, -0.1) is 0 Å². The lowest BCUT2D eigenvalue weighted by atomic mass is 10.1. The van der Waals surface area contributed by atoms with E-state index >= 15 is 0 Å². The van der Waals surface area contributed by atoms with Crippen molar-refractivity contribution in [3.8, 4) is 11.3 Å². The number of aromatic nitrogens is 4. The summed E-state index contributed by atoms with van der Waals surface area (Å²) in [6, 6.07) is 12.2. The second kappa shape index (κ2) is 7.32. The van der Waals surface area contributed by atoms with E-state index in [9.17, 15) is 10.1 Å². The number of H-pyrrole nitrogens is 1. The Hall–Kier alpha value is -3.29. The quantitative estimate of drug-likeness (QED) is 0.393. The third-order valence-electron chi connectivity index (χ3n) is 3.48. The molecule has 1 aromatic carbocycles. The number of pyridine rings is 1. The molecule has 2 aromatic heterocycles. The van der Waals surface area contributed by atoms with E-state index in [4.69, 9.17) is 0 Å². The van der Waals surface area contributed by atoms with Crippen molar-refractivity contribution in [3.05, 3.63) is 64.7 Å². The summed E-state index contributed by atoms with van der Waals surface area (Å²) in [5.74, 6) is 1.44. The number of nitrogens with zero attached hydrogens (tertiary/aromatic N) is 4. The minimum absolute atomic E-state index is 0.00610. The fraction of sp³-hybridized carbons (Fsp3) is 0.188. The molecule has 0 bridgehead atoms.